The lowest BCUT2D eigenvalue weighted by atomic mass is 10.2. The average molecular weight is 299 g/mol. The van der Waals surface area contributed by atoms with Gasteiger partial charge in [-0.3, -0.25) is 4.79 Å². The maximum absolute atomic E-state index is 11.9. The molecule has 114 valence electrons. The van der Waals surface area contributed by atoms with E-state index in [2.05, 4.69) is 10.5 Å². The van der Waals surface area contributed by atoms with Crippen molar-refractivity contribution in [2.75, 3.05) is 20.0 Å². The number of nitrogens with one attached hydrogen (secondary N) is 1. The van der Waals surface area contributed by atoms with Crippen molar-refractivity contribution in [2.24, 2.45) is 5.10 Å². The van der Waals surface area contributed by atoms with Crippen molar-refractivity contribution in [1.82, 2.24) is 5.43 Å². The van der Waals surface area contributed by atoms with E-state index in [1.54, 1.807) is 56.7 Å². The Morgan fingerprint density at radius 1 is 1.09 bits per heavy atom. The van der Waals surface area contributed by atoms with Crippen molar-refractivity contribution in [2.45, 2.75) is 0 Å². The second-order valence-corrected chi connectivity index (χ2v) is 4.47. The summed E-state index contributed by atoms with van der Waals surface area (Å²) in [5.74, 6) is 0.974. The highest BCUT2D eigenvalue weighted by Crippen LogP contribution is 2.21. The minimum absolute atomic E-state index is 0.314. The topological polar surface area (TPSA) is 85.9 Å². The second-order valence-electron chi connectivity index (χ2n) is 4.47. The number of hydrogen-bond acceptors (Lipinski definition) is 5. The highest BCUT2D eigenvalue weighted by Gasteiger charge is 2.03. The third kappa shape index (κ3) is 3.99. The number of amides is 1. The third-order valence-electron chi connectivity index (χ3n) is 2.93. The molecule has 1 amide bonds. The number of anilines is 1. The van der Waals surface area contributed by atoms with Gasteiger partial charge in [0.1, 0.15) is 11.5 Å². The van der Waals surface area contributed by atoms with Crippen molar-refractivity contribution in [3.63, 3.8) is 0 Å². The fraction of sp³-hybridized carbons (Fsp3) is 0.125. The Bertz CT molecular complexity index is 659. The number of nitrogens with zero attached hydrogens (tertiary/aromatic N) is 1. The lowest BCUT2D eigenvalue weighted by Crippen LogP contribution is -2.17. The van der Waals surface area contributed by atoms with Gasteiger partial charge in [0.25, 0.3) is 5.91 Å². The fourth-order valence-electron chi connectivity index (χ4n) is 1.77. The van der Waals surface area contributed by atoms with E-state index in [1.165, 1.54) is 6.21 Å². The summed E-state index contributed by atoms with van der Waals surface area (Å²) < 4.78 is 10.3. The summed E-state index contributed by atoms with van der Waals surface area (Å²) in [5.41, 5.74) is 9.85. The molecule has 0 unspecified atom stereocenters. The molecule has 0 aromatic heterocycles. The first-order valence-corrected chi connectivity index (χ1v) is 6.54. The number of nitrogens with two attached hydrogens (primary N) is 1. The number of rotatable bonds is 5. The Balaban J connectivity index is 2.05. The zero-order valence-corrected chi connectivity index (χ0v) is 12.4. The molecule has 0 saturated carbocycles. The summed E-state index contributed by atoms with van der Waals surface area (Å²) in [6, 6.07) is 11.9. The molecule has 22 heavy (non-hydrogen) atoms. The minimum Gasteiger partial charge on any atom is -0.497 e. The van der Waals surface area contributed by atoms with E-state index in [9.17, 15) is 4.79 Å². The highest BCUT2D eigenvalue weighted by atomic mass is 16.5. The zero-order valence-electron chi connectivity index (χ0n) is 12.4. The maximum Gasteiger partial charge on any atom is 0.271 e. The van der Waals surface area contributed by atoms with Gasteiger partial charge in [-0.05, 0) is 36.4 Å². The summed E-state index contributed by atoms with van der Waals surface area (Å²) in [5, 5.41) is 3.92. The quantitative estimate of drug-likeness (QED) is 0.502. The number of hydrazone groups is 1. The molecule has 0 aliphatic carbocycles. The number of nitrogen functional groups attached to an aromatic ring is 1. The normalized spacial score (nSPS) is 10.5. The molecule has 0 bridgehead atoms. The monoisotopic (exact) mass is 299 g/mol. The Morgan fingerprint density at radius 3 is 2.23 bits per heavy atom. The zero-order chi connectivity index (χ0) is 15.9. The number of carbonyl (C=O) groups is 1. The molecular formula is C16H17N3O3. The lowest BCUT2D eigenvalue weighted by molar-refractivity contribution is 0.0955. The van der Waals surface area contributed by atoms with Crippen LogP contribution in [0.3, 0.4) is 0 Å². The van der Waals surface area contributed by atoms with Gasteiger partial charge in [-0.25, -0.2) is 5.43 Å². The third-order valence-corrected chi connectivity index (χ3v) is 2.93. The molecule has 3 N–H and O–H groups in total. The molecule has 2 aromatic carbocycles. The van der Waals surface area contributed by atoms with Gasteiger partial charge in [0.15, 0.2) is 0 Å². The van der Waals surface area contributed by atoms with E-state index in [0.717, 1.165) is 5.56 Å². The first-order valence-electron chi connectivity index (χ1n) is 6.54. The molecule has 0 spiro atoms. The summed E-state index contributed by atoms with van der Waals surface area (Å²) in [6.45, 7) is 0. The van der Waals surface area contributed by atoms with Gasteiger partial charge in [0, 0.05) is 22.9 Å². The predicted octanol–water partition coefficient (Wildman–Crippen LogP) is 2.05. The Hall–Kier alpha value is -3.02. The molecule has 0 aliphatic heterocycles. The van der Waals surface area contributed by atoms with E-state index in [0.29, 0.717) is 22.7 Å². The Labute approximate surface area is 128 Å². The molecule has 0 radical (unpaired) electrons. The van der Waals surface area contributed by atoms with Gasteiger partial charge in [0.2, 0.25) is 0 Å². The summed E-state index contributed by atoms with van der Waals surface area (Å²) in [4.78, 5) is 11.9. The van der Waals surface area contributed by atoms with Crippen LogP contribution in [-0.2, 0) is 0 Å². The van der Waals surface area contributed by atoms with Crippen LogP contribution < -0.4 is 20.6 Å². The van der Waals surface area contributed by atoms with Crippen LogP contribution in [0.4, 0.5) is 5.69 Å². The molecular weight excluding hydrogens is 282 g/mol. The van der Waals surface area contributed by atoms with Crippen molar-refractivity contribution in [1.29, 1.82) is 0 Å². The molecule has 0 heterocycles. The predicted molar refractivity (Wildman–Crippen MR) is 85.5 cm³/mol. The van der Waals surface area contributed by atoms with Crippen LogP contribution in [0.25, 0.3) is 0 Å². The van der Waals surface area contributed by atoms with Crippen LogP contribution in [0, 0.1) is 0 Å². The van der Waals surface area contributed by atoms with Gasteiger partial charge in [-0.2, -0.15) is 5.10 Å². The summed E-state index contributed by atoms with van der Waals surface area (Å²) in [7, 11) is 3.14. The van der Waals surface area contributed by atoms with Crippen LogP contribution in [0.15, 0.2) is 47.6 Å². The Morgan fingerprint density at radius 2 is 1.68 bits per heavy atom. The maximum atomic E-state index is 11.9. The molecule has 0 aliphatic rings. The van der Waals surface area contributed by atoms with Crippen molar-refractivity contribution in [3.05, 3.63) is 53.6 Å². The van der Waals surface area contributed by atoms with Crippen LogP contribution in [0.5, 0.6) is 11.5 Å². The van der Waals surface area contributed by atoms with Crippen LogP contribution in [0.2, 0.25) is 0 Å². The van der Waals surface area contributed by atoms with E-state index < -0.39 is 0 Å². The molecule has 2 rings (SSSR count). The number of ether oxygens (including phenoxy) is 2. The molecule has 0 fully saturated rings. The summed E-state index contributed by atoms with van der Waals surface area (Å²) >= 11 is 0. The number of hydrogen-bond donors (Lipinski definition) is 2. The van der Waals surface area contributed by atoms with E-state index >= 15 is 0 Å². The van der Waals surface area contributed by atoms with Gasteiger partial charge in [-0.15, -0.1) is 0 Å². The molecule has 6 nitrogen and oxygen atoms in total. The molecule has 0 atom stereocenters. The second kappa shape index (κ2) is 7.12. The smallest absolute Gasteiger partial charge is 0.271 e. The van der Waals surface area contributed by atoms with E-state index in [4.69, 9.17) is 15.2 Å². The van der Waals surface area contributed by atoms with E-state index in [1.807, 2.05) is 0 Å². The van der Waals surface area contributed by atoms with Crippen molar-refractivity contribution in [3.8, 4) is 11.5 Å². The van der Waals surface area contributed by atoms with Crippen LogP contribution >= 0.6 is 0 Å². The van der Waals surface area contributed by atoms with Gasteiger partial charge in [0.05, 0.1) is 20.4 Å². The van der Waals surface area contributed by atoms with Crippen LogP contribution in [0.1, 0.15) is 15.9 Å². The first kappa shape index (κ1) is 15.4. The van der Waals surface area contributed by atoms with Crippen molar-refractivity contribution < 1.29 is 14.3 Å². The molecule has 6 heteroatoms. The van der Waals surface area contributed by atoms with Crippen LogP contribution in [-0.4, -0.2) is 26.3 Å². The van der Waals surface area contributed by atoms with Gasteiger partial charge < -0.3 is 15.2 Å². The number of carbonyl (C=O) groups excluding carboxylic acids is 1. The number of benzene rings is 2. The first-order chi connectivity index (χ1) is 10.6. The standard InChI is InChI=1S/C16H17N3O3/c1-21-14-7-11(8-15(9-14)22-2)10-18-19-16(20)12-3-5-13(17)6-4-12/h3-10H,17H2,1-2H3,(H,19,20)/b18-10+. The fourth-order valence-corrected chi connectivity index (χ4v) is 1.77. The minimum atomic E-state index is -0.314. The van der Waals surface area contributed by atoms with Crippen molar-refractivity contribution >= 4 is 17.8 Å². The van der Waals surface area contributed by atoms with Gasteiger partial charge >= 0.3 is 0 Å². The molecule has 0 saturated heterocycles. The summed E-state index contributed by atoms with van der Waals surface area (Å²) in [6.07, 6.45) is 1.51. The average Bonchev–Trinajstić information content (AvgIpc) is 2.55. The lowest BCUT2D eigenvalue weighted by Gasteiger charge is -2.05. The van der Waals surface area contributed by atoms with E-state index in [-0.39, 0.29) is 5.91 Å². The highest BCUT2D eigenvalue weighted by molar-refractivity contribution is 5.95. The number of methoxy groups -OCH3 is 2. The van der Waals surface area contributed by atoms with Gasteiger partial charge in [-0.1, -0.05) is 0 Å². The largest absolute Gasteiger partial charge is 0.497 e. The molecule has 2 aromatic rings. The SMILES string of the molecule is COc1cc(/C=N/NC(=O)c2ccc(N)cc2)cc(OC)c1. The Kier molecular flexibility index (Phi) is 4.98.